The number of nitrogens with zero attached hydrogens (tertiary/aromatic N) is 3. The van der Waals surface area contributed by atoms with Crippen LogP contribution in [0.5, 0.6) is 5.75 Å². The van der Waals surface area contributed by atoms with E-state index in [0.29, 0.717) is 16.5 Å². The van der Waals surface area contributed by atoms with Crippen molar-refractivity contribution in [1.29, 1.82) is 0 Å². The van der Waals surface area contributed by atoms with Gasteiger partial charge in [0.05, 0.1) is 22.6 Å². The first-order valence-electron chi connectivity index (χ1n) is 9.48. The summed E-state index contributed by atoms with van der Waals surface area (Å²) in [6.07, 6.45) is 1.41. The highest BCUT2D eigenvalue weighted by atomic mass is 35.5. The first kappa shape index (κ1) is 20.8. The Balaban J connectivity index is 1.70. The first-order chi connectivity index (χ1) is 15.0. The summed E-state index contributed by atoms with van der Waals surface area (Å²) in [6.45, 7) is 2.04. The standard InChI is InChI=1S/C24H18Cl2N4O/c1-15-7-9-17(10-8-15)22-13-21(16-5-3-2-4-6-16)28-24(29-22)30-27-14-18-11-19(25)12-20(26)23(18)31/h2-14,31H,1H3,(H,28,29,30)/b27-14-. The molecule has 0 saturated heterocycles. The summed E-state index contributed by atoms with van der Waals surface area (Å²) >= 11 is 12.0. The predicted octanol–water partition coefficient (Wildman–Crippen LogP) is 6.58. The monoisotopic (exact) mass is 448 g/mol. The summed E-state index contributed by atoms with van der Waals surface area (Å²) in [7, 11) is 0. The van der Waals surface area contributed by atoms with Gasteiger partial charge in [-0.15, -0.1) is 0 Å². The Bertz CT molecular complexity index is 1240. The van der Waals surface area contributed by atoms with Gasteiger partial charge in [-0.25, -0.2) is 15.4 Å². The number of halogens is 2. The Labute approximate surface area is 190 Å². The summed E-state index contributed by atoms with van der Waals surface area (Å²) in [6, 6.07) is 22.9. The average molecular weight is 449 g/mol. The van der Waals surface area contributed by atoms with E-state index in [1.54, 1.807) is 6.07 Å². The Morgan fingerprint density at radius 1 is 0.871 bits per heavy atom. The summed E-state index contributed by atoms with van der Waals surface area (Å²) in [4.78, 5) is 9.18. The van der Waals surface area contributed by atoms with E-state index in [0.717, 1.165) is 22.5 Å². The Hall–Kier alpha value is -3.41. The van der Waals surface area contributed by atoms with Gasteiger partial charge >= 0.3 is 0 Å². The number of hydrazone groups is 1. The van der Waals surface area contributed by atoms with Gasteiger partial charge in [0, 0.05) is 21.7 Å². The normalized spacial score (nSPS) is 11.1. The van der Waals surface area contributed by atoms with E-state index < -0.39 is 0 Å². The molecule has 0 aliphatic carbocycles. The van der Waals surface area contributed by atoms with Gasteiger partial charge in [0.15, 0.2) is 0 Å². The second kappa shape index (κ2) is 9.16. The minimum Gasteiger partial charge on any atom is -0.506 e. The summed E-state index contributed by atoms with van der Waals surface area (Å²) in [5.41, 5.74) is 7.85. The Morgan fingerprint density at radius 3 is 2.19 bits per heavy atom. The molecule has 0 unspecified atom stereocenters. The fourth-order valence-electron chi connectivity index (χ4n) is 2.97. The number of aryl methyl sites for hydroxylation is 1. The molecular weight excluding hydrogens is 431 g/mol. The minimum atomic E-state index is -0.101. The Morgan fingerprint density at radius 2 is 1.52 bits per heavy atom. The molecule has 5 nitrogen and oxygen atoms in total. The van der Waals surface area contributed by atoms with Gasteiger partial charge in [-0.3, -0.25) is 0 Å². The largest absolute Gasteiger partial charge is 0.506 e. The third-order valence-electron chi connectivity index (χ3n) is 4.57. The number of hydrogen-bond donors (Lipinski definition) is 2. The van der Waals surface area contributed by atoms with Crippen molar-refractivity contribution in [3.05, 3.63) is 94.0 Å². The van der Waals surface area contributed by atoms with E-state index >= 15 is 0 Å². The number of aromatic nitrogens is 2. The lowest BCUT2D eigenvalue weighted by Gasteiger charge is -2.09. The molecule has 31 heavy (non-hydrogen) atoms. The molecule has 0 aliphatic heterocycles. The fraction of sp³-hybridized carbons (Fsp3) is 0.0417. The van der Waals surface area contributed by atoms with Crippen LogP contribution in [0.2, 0.25) is 10.0 Å². The van der Waals surface area contributed by atoms with Crippen molar-refractivity contribution >= 4 is 35.4 Å². The minimum absolute atomic E-state index is 0.101. The van der Waals surface area contributed by atoms with Crippen molar-refractivity contribution in [2.45, 2.75) is 6.92 Å². The molecule has 4 rings (SSSR count). The van der Waals surface area contributed by atoms with Crippen LogP contribution < -0.4 is 5.43 Å². The molecule has 0 saturated carbocycles. The second-order valence-electron chi connectivity index (χ2n) is 6.89. The Kier molecular flexibility index (Phi) is 6.16. The van der Waals surface area contributed by atoms with Crippen LogP contribution in [0.1, 0.15) is 11.1 Å². The molecule has 3 aromatic carbocycles. The van der Waals surface area contributed by atoms with E-state index in [4.69, 9.17) is 23.2 Å². The third kappa shape index (κ3) is 5.02. The molecular formula is C24H18Cl2N4O. The number of benzene rings is 3. The number of hydrogen-bond acceptors (Lipinski definition) is 5. The van der Waals surface area contributed by atoms with Crippen LogP contribution in [0.3, 0.4) is 0 Å². The lowest BCUT2D eigenvalue weighted by atomic mass is 10.1. The lowest BCUT2D eigenvalue weighted by molar-refractivity contribution is 0.475. The summed E-state index contributed by atoms with van der Waals surface area (Å²) in [5.74, 6) is 0.219. The molecule has 7 heteroatoms. The number of nitrogens with one attached hydrogen (secondary N) is 1. The van der Waals surface area contributed by atoms with E-state index in [1.807, 2.05) is 67.6 Å². The van der Waals surface area contributed by atoms with E-state index in [2.05, 4.69) is 20.5 Å². The molecule has 0 radical (unpaired) electrons. The van der Waals surface area contributed by atoms with Gasteiger partial charge < -0.3 is 5.11 Å². The highest BCUT2D eigenvalue weighted by Gasteiger charge is 2.09. The molecule has 0 aliphatic rings. The van der Waals surface area contributed by atoms with E-state index in [-0.39, 0.29) is 10.8 Å². The van der Waals surface area contributed by atoms with Crippen LogP contribution in [-0.4, -0.2) is 21.3 Å². The van der Waals surface area contributed by atoms with Gasteiger partial charge in [0.1, 0.15) is 5.75 Å². The number of phenolic OH excluding ortho intramolecular Hbond substituents is 1. The smallest absolute Gasteiger partial charge is 0.244 e. The van der Waals surface area contributed by atoms with Gasteiger partial charge in [-0.1, -0.05) is 83.4 Å². The maximum atomic E-state index is 10.1. The predicted molar refractivity (Wildman–Crippen MR) is 127 cm³/mol. The molecule has 154 valence electrons. The van der Waals surface area contributed by atoms with Crippen molar-refractivity contribution in [3.63, 3.8) is 0 Å². The van der Waals surface area contributed by atoms with Gasteiger partial charge in [0.25, 0.3) is 0 Å². The SMILES string of the molecule is Cc1ccc(-c2cc(-c3ccccc3)nc(N/N=C\c3cc(Cl)cc(Cl)c3O)n2)cc1. The average Bonchev–Trinajstić information content (AvgIpc) is 2.78. The van der Waals surface area contributed by atoms with Crippen LogP contribution in [0, 0.1) is 6.92 Å². The first-order valence-corrected chi connectivity index (χ1v) is 10.2. The molecule has 0 amide bonds. The van der Waals surface area contributed by atoms with Crippen LogP contribution in [0.25, 0.3) is 22.5 Å². The quantitative estimate of drug-likeness (QED) is 0.267. The lowest BCUT2D eigenvalue weighted by Crippen LogP contribution is -2.00. The zero-order valence-electron chi connectivity index (χ0n) is 16.6. The zero-order valence-corrected chi connectivity index (χ0v) is 18.1. The number of rotatable bonds is 5. The van der Waals surface area contributed by atoms with E-state index in [1.165, 1.54) is 17.8 Å². The van der Waals surface area contributed by atoms with Gasteiger partial charge in [-0.2, -0.15) is 5.10 Å². The van der Waals surface area contributed by atoms with Crippen molar-refractivity contribution in [2.24, 2.45) is 5.10 Å². The molecule has 4 aromatic rings. The topological polar surface area (TPSA) is 70.4 Å². The highest BCUT2D eigenvalue weighted by molar-refractivity contribution is 6.36. The number of phenols is 1. The second-order valence-corrected chi connectivity index (χ2v) is 7.73. The molecule has 0 atom stereocenters. The fourth-order valence-corrected chi connectivity index (χ4v) is 3.48. The van der Waals surface area contributed by atoms with Crippen LogP contribution in [0.4, 0.5) is 5.95 Å². The number of aromatic hydroxyl groups is 1. The third-order valence-corrected chi connectivity index (χ3v) is 5.08. The van der Waals surface area contributed by atoms with Crippen molar-refractivity contribution < 1.29 is 5.11 Å². The highest BCUT2D eigenvalue weighted by Crippen LogP contribution is 2.30. The van der Waals surface area contributed by atoms with Crippen molar-refractivity contribution in [2.75, 3.05) is 5.43 Å². The van der Waals surface area contributed by atoms with Crippen LogP contribution in [0.15, 0.2) is 77.9 Å². The molecule has 0 spiro atoms. The molecule has 0 fully saturated rings. The zero-order chi connectivity index (χ0) is 21.8. The summed E-state index contributed by atoms with van der Waals surface area (Å²) in [5, 5.41) is 14.8. The van der Waals surface area contributed by atoms with E-state index in [9.17, 15) is 5.11 Å². The molecule has 0 bridgehead atoms. The van der Waals surface area contributed by atoms with Crippen LogP contribution in [-0.2, 0) is 0 Å². The maximum Gasteiger partial charge on any atom is 0.244 e. The van der Waals surface area contributed by atoms with Crippen molar-refractivity contribution in [3.8, 4) is 28.3 Å². The van der Waals surface area contributed by atoms with Crippen LogP contribution >= 0.6 is 23.2 Å². The number of anilines is 1. The molecule has 1 heterocycles. The summed E-state index contributed by atoms with van der Waals surface area (Å²) < 4.78 is 0. The maximum absolute atomic E-state index is 10.1. The molecule has 1 aromatic heterocycles. The molecule has 2 N–H and O–H groups in total. The van der Waals surface area contributed by atoms with Crippen molar-refractivity contribution in [1.82, 2.24) is 9.97 Å². The van der Waals surface area contributed by atoms with Gasteiger partial charge in [-0.05, 0) is 25.1 Å². The van der Waals surface area contributed by atoms with Gasteiger partial charge in [0.2, 0.25) is 5.95 Å².